The Morgan fingerprint density at radius 3 is 2.26 bits per heavy atom. The van der Waals surface area contributed by atoms with Crippen LogP contribution in [0.5, 0.6) is 0 Å². The molecule has 3 rings (SSSR count). The summed E-state index contributed by atoms with van der Waals surface area (Å²) < 4.78 is 29.2. The van der Waals surface area contributed by atoms with Crippen molar-refractivity contribution in [3.8, 4) is 0 Å². The van der Waals surface area contributed by atoms with Crippen molar-refractivity contribution in [2.75, 3.05) is 11.9 Å². The highest BCUT2D eigenvalue weighted by Crippen LogP contribution is 2.39. The van der Waals surface area contributed by atoms with Crippen LogP contribution in [0.25, 0.3) is 0 Å². The zero-order valence-corrected chi connectivity index (χ0v) is 23.4. The molecule has 0 heterocycles. The second kappa shape index (κ2) is 13.8. The maximum Gasteiger partial charge on any atom is 0.322 e. The van der Waals surface area contributed by atoms with Gasteiger partial charge in [-0.1, -0.05) is 39.0 Å². The van der Waals surface area contributed by atoms with Crippen molar-refractivity contribution in [2.24, 2.45) is 11.3 Å². The minimum Gasteiger partial charge on any atom is -0.481 e. The number of carbonyl (C=O) groups is 2. The third kappa shape index (κ3) is 8.89. The van der Waals surface area contributed by atoms with E-state index in [1.807, 2.05) is 17.0 Å². The van der Waals surface area contributed by atoms with Crippen LogP contribution in [0.4, 0.5) is 14.9 Å². The minimum atomic E-state index is -1.52. The molecule has 1 saturated carbocycles. The summed E-state index contributed by atoms with van der Waals surface area (Å²) in [6.45, 7) is 8.93. The predicted octanol–water partition coefficient (Wildman–Crippen LogP) is 5.04. The summed E-state index contributed by atoms with van der Waals surface area (Å²) in [5.41, 5.74) is 2.04. The molecule has 1 fully saturated rings. The average molecular weight is 550 g/mol. The number of carboxylic acid groups (broad SMARTS) is 1. The van der Waals surface area contributed by atoms with Crippen molar-refractivity contribution in [1.29, 1.82) is 0 Å². The van der Waals surface area contributed by atoms with Gasteiger partial charge in [0.15, 0.2) is 0 Å². The number of nitrogens with zero attached hydrogens (tertiary/aromatic N) is 1. The van der Waals surface area contributed by atoms with Gasteiger partial charge in [-0.25, -0.2) is 18.1 Å². The van der Waals surface area contributed by atoms with Gasteiger partial charge in [-0.15, -0.1) is 0 Å². The van der Waals surface area contributed by atoms with E-state index >= 15 is 0 Å². The SMILES string of the molecule is Cc1ccc(NC(=O)N(Cc2ccc(S(=O)NCCC(=O)O)cc2)C2CCC(C(C)(C)C)CC2)cc1F.O. The first kappa shape index (κ1) is 31.4. The van der Waals surface area contributed by atoms with Crippen LogP contribution in [0, 0.1) is 24.1 Å². The van der Waals surface area contributed by atoms with Crippen molar-refractivity contribution in [2.45, 2.75) is 77.3 Å². The van der Waals surface area contributed by atoms with Gasteiger partial charge in [-0.05, 0) is 79.3 Å². The highest BCUT2D eigenvalue weighted by Gasteiger charge is 2.33. The molecule has 2 aromatic carbocycles. The number of benzene rings is 2. The predicted molar refractivity (Wildman–Crippen MR) is 148 cm³/mol. The maximum absolute atomic E-state index is 14.1. The number of hydrogen-bond donors (Lipinski definition) is 3. The molecule has 0 bridgehead atoms. The molecule has 0 spiro atoms. The van der Waals surface area contributed by atoms with Gasteiger partial charge in [0.25, 0.3) is 0 Å². The van der Waals surface area contributed by atoms with Crippen LogP contribution in [0.3, 0.4) is 0 Å². The molecule has 2 amide bonds. The second-order valence-electron chi connectivity index (χ2n) is 10.8. The molecular weight excluding hydrogens is 509 g/mol. The van der Waals surface area contributed by atoms with E-state index in [-0.39, 0.29) is 41.7 Å². The van der Waals surface area contributed by atoms with E-state index in [9.17, 15) is 18.2 Å². The Balaban J connectivity index is 0.00000507. The fraction of sp³-hybridized carbons (Fsp3) is 0.500. The van der Waals surface area contributed by atoms with E-state index in [1.54, 1.807) is 31.2 Å². The number of aryl methyl sites for hydroxylation is 1. The molecule has 2 aromatic rings. The number of halogens is 1. The Morgan fingerprint density at radius 1 is 1.08 bits per heavy atom. The van der Waals surface area contributed by atoms with Crippen molar-refractivity contribution in [3.63, 3.8) is 0 Å². The molecule has 5 N–H and O–H groups in total. The topological polar surface area (TPSA) is 130 Å². The largest absolute Gasteiger partial charge is 0.481 e. The molecule has 0 saturated heterocycles. The molecule has 0 radical (unpaired) electrons. The Kier molecular flexibility index (Phi) is 11.4. The smallest absolute Gasteiger partial charge is 0.322 e. The minimum absolute atomic E-state index is 0. The Labute approximate surface area is 226 Å². The molecule has 1 aliphatic carbocycles. The molecule has 210 valence electrons. The zero-order valence-electron chi connectivity index (χ0n) is 22.6. The van der Waals surface area contributed by atoms with E-state index in [4.69, 9.17) is 5.11 Å². The van der Waals surface area contributed by atoms with Crippen LogP contribution in [0.15, 0.2) is 47.4 Å². The fourth-order valence-corrected chi connectivity index (χ4v) is 5.57. The first-order valence-corrected chi connectivity index (χ1v) is 13.9. The van der Waals surface area contributed by atoms with Crippen LogP contribution < -0.4 is 10.0 Å². The van der Waals surface area contributed by atoms with Crippen LogP contribution in [-0.2, 0) is 22.3 Å². The monoisotopic (exact) mass is 549 g/mol. The van der Waals surface area contributed by atoms with Crippen molar-refractivity contribution < 1.29 is 28.8 Å². The van der Waals surface area contributed by atoms with Crippen molar-refractivity contribution in [1.82, 2.24) is 9.62 Å². The number of carbonyl (C=O) groups excluding carboxylic acids is 1. The summed E-state index contributed by atoms with van der Waals surface area (Å²) in [5.74, 6) is -0.721. The van der Waals surface area contributed by atoms with E-state index in [0.717, 1.165) is 31.2 Å². The summed E-state index contributed by atoms with van der Waals surface area (Å²) in [7, 11) is -1.52. The lowest BCUT2D eigenvalue weighted by Gasteiger charge is -2.41. The van der Waals surface area contributed by atoms with E-state index in [1.165, 1.54) is 6.07 Å². The number of amides is 2. The number of urea groups is 1. The van der Waals surface area contributed by atoms with E-state index in [2.05, 4.69) is 30.8 Å². The quantitative estimate of drug-likeness (QED) is 0.405. The van der Waals surface area contributed by atoms with Crippen LogP contribution in [-0.4, -0.2) is 44.3 Å². The second-order valence-corrected chi connectivity index (χ2v) is 12.1. The Bertz CT molecular complexity index is 1110. The van der Waals surface area contributed by atoms with Gasteiger partial charge >= 0.3 is 12.0 Å². The van der Waals surface area contributed by atoms with Gasteiger partial charge in [0, 0.05) is 24.8 Å². The summed E-state index contributed by atoms with van der Waals surface area (Å²) in [6.07, 6.45) is 3.75. The summed E-state index contributed by atoms with van der Waals surface area (Å²) in [6, 6.07) is 11.6. The summed E-state index contributed by atoms with van der Waals surface area (Å²) >= 11 is 0. The first-order chi connectivity index (χ1) is 17.4. The number of aliphatic carboxylic acids is 1. The molecule has 1 atom stereocenters. The molecule has 38 heavy (non-hydrogen) atoms. The highest BCUT2D eigenvalue weighted by atomic mass is 32.2. The van der Waals surface area contributed by atoms with Gasteiger partial charge in [-0.3, -0.25) is 4.79 Å². The number of nitrogens with one attached hydrogen (secondary N) is 2. The Hall–Kier alpha value is -2.82. The average Bonchev–Trinajstić information content (AvgIpc) is 2.84. The Morgan fingerprint density at radius 2 is 1.71 bits per heavy atom. The zero-order chi connectivity index (χ0) is 27.2. The van der Waals surface area contributed by atoms with E-state index in [0.29, 0.717) is 28.6 Å². The van der Waals surface area contributed by atoms with Crippen molar-refractivity contribution >= 4 is 28.7 Å². The van der Waals surface area contributed by atoms with Crippen molar-refractivity contribution in [3.05, 3.63) is 59.4 Å². The number of rotatable bonds is 9. The molecule has 1 aliphatic rings. The highest BCUT2D eigenvalue weighted by molar-refractivity contribution is 7.83. The van der Waals surface area contributed by atoms with Crippen LogP contribution >= 0.6 is 0 Å². The maximum atomic E-state index is 14.1. The molecule has 0 aliphatic heterocycles. The lowest BCUT2D eigenvalue weighted by Crippen LogP contribution is -2.45. The van der Waals surface area contributed by atoms with Gasteiger partial charge < -0.3 is 20.8 Å². The normalized spacial score (nSPS) is 18.2. The van der Waals surface area contributed by atoms with Crippen LogP contribution in [0.1, 0.15) is 64.0 Å². The van der Waals surface area contributed by atoms with Gasteiger partial charge in [0.05, 0.1) is 11.3 Å². The first-order valence-electron chi connectivity index (χ1n) is 12.7. The number of anilines is 1. The standard InChI is InChI=1S/C28H38FN3O4S.H2O/c1-19-5-10-22(17-25(19)29)31-27(35)32(23-11-8-21(9-12-23)28(2,3)4)18-20-6-13-24(14-7-20)37(36)30-16-15-26(33)34;/h5-7,10,13-14,17,21,23,30H,8-9,11-12,15-16,18H2,1-4H3,(H,31,35)(H,33,34);1H2. The summed E-state index contributed by atoms with van der Waals surface area (Å²) in [4.78, 5) is 26.5. The molecule has 1 unspecified atom stereocenters. The lowest BCUT2D eigenvalue weighted by atomic mass is 9.71. The molecular formula is C28H40FN3O5S. The molecule has 8 nitrogen and oxygen atoms in total. The van der Waals surface area contributed by atoms with Crippen LogP contribution in [0.2, 0.25) is 0 Å². The molecule has 0 aromatic heterocycles. The lowest BCUT2D eigenvalue weighted by molar-refractivity contribution is -0.136. The summed E-state index contributed by atoms with van der Waals surface area (Å²) in [5, 5.41) is 11.6. The third-order valence-electron chi connectivity index (χ3n) is 7.11. The van der Waals surface area contributed by atoms with Gasteiger partial charge in [0.2, 0.25) is 0 Å². The molecule has 10 heteroatoms. The number of hydrogen-bond acceptors (Lipinski definition) is 3. The van der Waals surface area contributed by atoms with Gasteiger partial charge in [-0.2, -0.15) is 0 Å². The van der Waals surface area contributed by atoms with Gasteiger partial charge in [0.1, 0.15) is 16.8 Å². The van der Waals surface area contributed by atoms with E-state index < -0.39 is 17.0 Å². The fourth-order valence-electron chi connectivity index (χ4n) is 4.74. The number of carboxylic acids is 1. The third-order valence-corrected chi connectivity index (χ3v) is 8.28.